The van der Waals surface area contributed by atoms with Gasteiger partial charge < -0.3 is 14.6 Å². The Morgan fingerprint density at radius 2 is 1.69 bits per heavy atom. The highest BCUT2D eigenvalue weighted by Gasteiger charge is 2.38. The van der Waals surface area contributed by atoms with Crippen LogP contribution < -0.4 is 9.47 Å². The number of hydrogen-bond acceptors (Lipinski definition) is 5. The number of nitrogens with zero attached hydrogens (tertiary/aromatic N) is 2. The molecule has 0 saturated heterocycles. The highest BCUT2D eigenvalue weighted by molar-refractivity contribution is 6.42. The van der Waals surface area contributed by atoms with Crippen LogP contribution in [0.4, 0.5) is 13.2 Å². The number of rotatable bonds is 6. The number of phenolic OH excluding ortho intramolecular Hbond substituents is 1. The van der Waals surface area contributed by atoms with E-state index in [0.29, 0.717) is 15.8 Å². The summed E-state index contributed by atoms with van der Waals surface area (Å²) in [6, 6.07) is 15.5. The van der Waals surface area contributed by atoms with Crippen LogP contribution in [0.5, 0.6) is 17.2 Å². The number of benzene rings is 3. The van der Waals surface area contributed by atoms with Gasteiger partial charge in [-0.05, 0) is 35.9 Å². The molecule has 0 fully saturated rings. The molecule has 0 aliphatic heterocycles. The predicted molar refractivity (Wildman–Crippen MR) is 127 cm³/mol. The second-order valence-corrected chi connectivity index (χ2v) is 8.17. The van der Waals surface area contributed by atoms with Crippen LogP contribution in [0.1, 0.15) is 11.3 Å². The van der Waals surface area contributed by atoms with E-state index in [2.05, 4.69) is 9.97 Å². The van der Waals surface area contributed by atoms with Crippen LogP contribution in [-0.4, -0.2) is 22.2 Å². The molecule has 0 spiro atoms. The first kappa shape index (κ1) is 24.6. The van der Waals surface area contributed by atoms with Crippen LogP contribution in [0.3, 0.4) is 0 Å². The van der Waals surface area contributed by atoms with Gasteiger partial charge in [-0.15, -0.1) is 0 Å². The number of halogens is 5. The molecule has 4 aromatic rings. The number of para-hydroxylation sites is 1. The standard InChI is InChI=1S/C25H17Cl2F3N2O3/c1-34-21-5-3-2-4-17(21)22-23(31-13-32-24(22)25(28,29)30)16-8-7-15(11-20(16)33)35-12-14-6-9-18(26)19(27)10-14/h2-11,13,33H,12H2,1H3. The van der Waals surface area contributed by atoms with Crippen LogP contribution in [0.15, 0.2) is 67.0 Å². The van der Waals surface area contributed by atoms with Crippen molar-refractivity contribution in [2.45, 2.75) is 12.8 Å². The van der Waals surface area contributed by atoms with Gasteiger partial charge in [0.1, 0.15) is 30.2 Å². The lowest BCUT2D eigenvalue weighted by atomic mass is 9.96. The number of ether oxygens (including phenoxy) is 2. The van der Waals surface area contributed by atoms with Gasteiger partial charge >= 0.3 is 6.18 Å². The van der Waals surface area contributed by atoms with Crippen LogP contribution in [-0.2, 0) is 12.8 Å². The molecule has 0 radical (unpaired) electrons. The van der Waals surface area contributed by atoms with Crippen LogP contribution in [0.25, 0.3) is 22.4 Å². The van der Waals surface area contributed by atoms with Crippen molar-refractivity contribution in [3.63, 3.8) is 0 Å². The van der Waals surface area contributed by atoms with E-state index in [9.17, 15) is 18.3 Å². The highest BCUT2D eigenvalue weighted by Crippen LogP contribution is 2.45. The fourth-order valence-electron chi connectivity index (χ4n) is 3.51. The topological polar surface area (TPSA) is 64.5 Å². The molecule has 1 aromatic heterocycles. The average Bonchev–Trinajstić information content (AvgIpc) is 2.84. The van der Waals surface area contributed by atoms with E-state index in [1.807, 2.05) is 0 Å². The van der Waals surface area contributed by atoms with Gasteiger partial charge in [0.25, 0.3) is 0 Å². The third-order valence-electron chi connectivity index (χ3n) is 5.11. The quantitative estimate of drug-likeness (QED) is 0.286. The fraction of sp³-hybridized carbons (Fsp3) is 0.120. The molecule has 4 rings (SSSR count). The number of phenols is 1. The monoisotopic (exact) mass is 520 g/mol. The van der Waals surface area contributed by atoms with Crippen molar-refractivity contribution in [3.8, 4) is 39.6 Å². The van der Waals surface area contributed by atoms with E-state index in [-0.39, 0.29) is 40.5 Å². The van der Waals surface area contributed by atoms with E-state index >= 15 is 0 Å². The zero-order valence-corrected chi connectivity index (χ0v) is 19.6. The van der Waals surface area contributed by atoms with Gasteiger partial charge in [0.05, 0.1) is 22.8 Å². The summed E-state index contributed by atoms with van der Waals surface area (Å²) in [6.07, 6.45) is -3.96. The lowest BCUT2D eigenvalue weighted by Crippen LogP contribution is -2.12. The summed E-state index contributed by atoms with van der Waals surface area (Å²) in [6.45, 7) is 0.133. The molecule has 180 valence electrons. The summed E-state index contributed by atoms with van der Waals surface area (Å²) in [5.74, 6) is 0.177. The molecule has 1 N–H and O–H groups in total. The third kappa shape index (κ3) is 5.28. The van der Waals surface area contributed by atoms with E-state index in [4.69, 9.17) is 32.7 Å². The molecular formula is C25H17Cl2F3N2O3. The summed E-state index contributed by atoms with van der Waals surface area (Å²) in [5, 5.41) is 11.5. The number of aromatic hydroxyl groups is 1. The Kier molecular flexibility index (Phi) is 7.05. The zero-order valence-electron chi connectivity index (χ0n) is 18.1. The predicted octanol–water partition coefficient (Wildman–Crippen LogP) is 7.43. The Labute approximate surface area is 208 Å². The molecule has 0 saturated carbocycles. The SMILES string of the molecule is COc1ccccc1-c1c(-c2ccc(OCc3ccc(Cl)c(Cl)c3)cc2O)ncnc1C(F)(F)F. The van der Waals surface area contributed by atoms with Gasteiger partial charge in [0, 0.05) is 22.8 Å². The fourth-order valence-corrected chi connectivity index (χ4v) is 3.83. The first-order chi connectivity index (χ1) is 16.7. The lowest BCUT2D eigenvalue weighted by Gasteiger charge is -2.18. The second kappa shape index (κ2) is 10.0. The Balaban J connectivity index is 1.75. The minimum atomic E-state index is -4.77. The van der Waals surface area contributed by atoms with Crippen molar-refractivity contribution in [3.05, 3.63) is 88.3 Å². The summed E-state index contributed by atoms with van der Waals surface area (Å²) < 4.78 is 52.7. The maximum absolute atomic E-state index is 13.9. The molecule has 0 aliphatic carbocycles. The van der Waals surface area contributed by atoms with Crippen LogP contribution in [0, 0.1) is 0 Å². The van der Waals surface area contributed by atoms with Crippen molar-refractivity contribution >= 4 is 23.2 Å². The van der Waals surface area contributed by atoms with E-state index in [0.717, 1.165) is 11.9 Å². The zero-order chi connectivity index (χ0) is 25.2. The third-order valence-corrected chi connectivity index (χ3v) is 5.84. The van der Waals surface area contributed by atoms with Gasteiger partial charge in [-0.1, -0.05) is 47.5 Å². The van der Waals surface area contributed by atoms with Gasteiger partial charge in [0.15, 0.2) is 5.69 Å². The van der Waals surface area contributed by atoms with Crippen LogP contribution >= 0.6 is 23.2 Å². The number of alkyl halides is 3. The van der Waals surface area contributed by atoms with E-state index in [1.54, 1.807) is 30.3 Å². The van der Waals surface area contributed by atoms with Crippen molar-refractivity contribution in [2.75, 3.05) is 7.11 Å². The summed E-state index contributed by atoms with van der Waals surface area (Å²) in [4.78, 5) is 7.58. The van der Waals surface area contributed by atoms with Crippen molar-refractivity contribution in [2.24, 2.45) is 0 Å². The van der Waals surface area contributed by atoms with Gasteiger partial charge in [-0.25, -0.2) is 9.97 Å². The summed E-state index contributed by atoms with van der Waals surface area (Å²) in [5.41, 5.74) is -0.612. The molecule has 0 atom stereocenters. The molecular weight excluding hydrogens is 504 g/mol. The number of aromatic nitrogens is 2. The Morgan fingerprint density at radius 1 is 0.914 bits per heavy atom. The normalized spacial score (nSPS) is 11.4. The molecule has 10 heteroatoms. The molecule has 0 bridgehead atoms. The molecule has 0 amide bonds. The van der Waals surface area contributed by atoms with E-state index < -0.39 is 11.9 Å². The molecule has 1 heterocycles. The highest BCUT2D eigenvalue weighted by atomic mass is 35.5. The van der Waals surface area contributed by atoms with Crippen molar-refractivity contribution in [1.29, 1.82) is 0 Å². The second-order valence-electron chi connectivity index (χ2n) is 7.36. The lowest BCUT2D eigenvalue weighted by molar-refractivity contribution is -0.140. The average molecular weight is 521 g/mol. The maximum atomic E-state index is 13.9. The first-order valence-corrected chi connectivity index (χ1v) is 10.9. The van der Waals surface area contributed by atoms with Gasteiger partial charge in [0.2, 0.25) is 0 Å². The van der Waals surface area contributed by atoms with Gasteiger partial charge in [-0.3, -0.25) is 0 Å². The smallest absolute Gasteiger partial charge is 0.434 e. The number of methoxy groups -OCH3 is 1. The van der Waals surface area contributed by atoms with Gasteiger partial charge in [-0.2, -0.15) is 13.2 Å². The van der Waals surface area contributed by atoms with E-state index in [1.165, 1.54) is 37.4 Å². The Bertz CT molecular complexity index is 1380. The minimum absolute atomic E-state index is 0.0701. The van der Waals surface area contributed by atoms with Crippen molar-refractivity contribution in [1.82, 2.24) is 9.97 Å². The minimum Gasteiger partial charge on any atom is -0.507 e. The Hall–Kier alpha value is -3.49. The maximum Gasteiger partial charge on any atom is 0.434 e. The first-order valence-electron chi connectivity index (χ1n) is 10.1. The summed E-state index contributed by atoms with van der Waals surface area (Å²) >= 11 is 11.9. The number of hydrogen-bond donors (Lipinski definition) is 1. The molecule has 35 heavy (non-hydrogen) atoms. The van der Waals surface area contributed by atoms with Crippen LogP contribution in [0.2, 0.25) is 10.0 Å². The Morgan fingerprint density at radius 3 is 2.37 bits per heavy atom. The largest absolute Gasteiger partial charge is 0.507 e. The van der Waals surface area contributed by atoms with Crippen molar-refractivity contribution < 1.29 is 27.8 Å². The molecule has 0 aliphatic rings. The molecule has 0 unspecified atom stereocenters. The summed E-state index contributed by atoms with van der Waals surface area (Å²) in [7, 11) is 1.35. The molecule has 3 aromatic carbocycles. The molecule has 5 nitrogen and oxygen atoms in total.